The first-order valence-electron chi connectivity index (χ1n) is 7.50. The molecule has 0 radical (unpaired) electrons. The summed E-state index contributed by atoms with van der Waals surface area (Å²) in [6, 6.07) is -0.754. The molecule has 0 aromatic rings. The van der Waals surface area contributed by atoms with Crippen molar-refractivity contribution in [3.05, 3.63) is 12.0 Å². The fourth-order valence-corrected chi connectivity index (χ4v) is 1.93. The van der Waals surface area contributed by atoms with E-state index >= 15 is 0 Å². The van der Waals surface area contributed by atoms with E-state index in [0.717, 1.165) is 0 Å². The highest BCUT2D eigenvalue weighted by atomic mass is 16.6. The molecule has 0 aromatic carbocycles. The molecule has 0 bridgehead atoms. The summed E-state index contributed by atoms with van der Waals surface area (Å²) < 4.78 is 16.1. The quantitative estimate of drug-likeness (QED) is 0.749. The first-order valence-corrected chi connectivity index (χ1v) is 7.50. The number of hydrogen-bond acceptors (Lipinski definition) is 5. The average Bonchev–Trinajstić information content (AvgIpc) is 2.69. The maximum atomic E-state index is 12.3. The smallest absolute Gasteiger partial charge is 0.415 e. The lowest BCUT2D eigenvalue weighted by molar-refractivity contribution is -0.159. The summed E-state index contributed by atoms with van der Waals surface area (Å²) in [6.45, 7) is 13.0. The highest BCUT2D eigenvalue weighted by molar-refractivity contribution is 5.83. The van der Waals surface area contributed by atoms with E-state index in [0.29, 0.717) is 18.8 Å². The Morgan fingerprint density at radius 1 is 1.14 bits per heavy atom. The van der Waals surface area contributed by atoms with Crippen LogP contribution in [0.2, 0.25) is 0 Å². The first kappa shape index (κ1) is 18.3. The molecule has 1 heterocycles. The van der Waals surface area contributed by atoms with Crippen LogP contribution in [-0.2, 0) is 19.0 Å². The van der Waals surface area contributed by atoms with Gasteiger partial charge in [-0.05, 0) is 48.5 Å². The molecule has 6 nitrogen and oxygen atoms in total. The van der Waals surface area contributed by atoms with Gasteiger partial charge in [-0.15, -0.1) is 0 Å². The van der Waals surface area contributed by atoms with E-state index in [-0.39, 0.29) is 0 Å². The van der Waals surface area contributed by atoms with E-state index < -0.39 is 29.3 Å². The number of nitrogens with zero attached hydrogens (tertiary/aromatic N) is 1. The summed E-state index contributed by atoms with van der Waals surface area (Å²) in [5.41, 5.74) is -1.26. The Morgan fingerprint density at radius 3 is 2.14 bits per heavy atom. The predicted octanol–water partition coefficient (Wildman–Crippen LogP) is 3.22. The third-order valence-corrected chi connectivity index (χ3v) is 2.63. The van der Waals surface area contributed by atoms with Crippen LogP contribution in [0.5, 0.6) is 0 Å². The van der Waals surface area contributed by atoms with Crippen LogP contribution < -0.4 is 0 Å². The molecule has 6 heteroatoms. The minimum absolute atomic E-state index is 0.294. The number of ether oxygens (including phenoxy) is 3. The summed E-state index contributed by atoms with van der Waals surface area (Å²) in [5.74, 6) is 0.105. The van der Waals surface area contributed by atoms with Gasteiger partial charge in [-0.1, -0.05) is 0 Å². The summed E-state index contributed by atoms with van der Waals surface area (Å²) in [5, 5.41) is 0. The lowest BCUT2D eigenvalue weighted by Crippen LogP contribution is -2.44. The SMILES string of the molecule is CCOC1=CN(C(=O)OC(C)(C)C)C(C(=O)OC(C)(C)C)C1. The molecule has 0 fully saturated rings. The van der Waals surface area contributed by atoms with E-state index in [4.69, 9.17) is 14.2 Å². The van der Waals surface area contributed by atoms with Crippen LogP contribution in [-0.4, -0.2) is 40.8 Å². The van der Waals surface area contributed by atoms with Crippen LogP contribution in [0.1, 0.15) is 54.9 Å². The van der Waals surface area contributed by atoms with E-state index in [1.54, 1.807) is 41.5 Å². The summed E-state index contributed by atoms with van der Waals surface area (Å²) in [7, 11) is 0. The summed E-state index contributed by atoms with van der Waals surface area (Å²) >= 11 is 0. The monoisotopic (exact) mass is 313 g/mol. The third-order valence-electron chi connectivity index (χ3n) is 2.63. The number of esters is 1. The molecular weight excluding hydrogens is 286 g/mol. The molecule has 0 N–H and O–H groups in total. The van der Waals surface area contributed by atoms with Gasteiger partial charge >= 0.3 is 12.1 Å². The van der Waals surface area contributed by atoms with E-state index in [1.807, 2.05) is 6.92 Å². The second-order valence-electron chi connectivity index (χ2n) is 7.17. The van der Waals surface area contributed by atoms with E-state index in [1.165, 1.54) is 11.1 Å². The standard InChI is InChI=1S/C16H27NO5/c1-8-20-11-9-12(13(18)21-15(2,3)4)17(10-11)14(19)22-16(5,6)7/h10,12H,8-9H2,1-7H3. The molecular formula is C16H27NO5. The number of carbonyl (C=O) groups excluding carboxylic acids is 2. The lowest BCUT2D eigenvalue weighted by Gasteiger charge is -2.28. The highest BCUT2D eigenvalue weighted by Crippen LogP contribution is 2.27. The molecule has 22 heavy (non-hydrogen) atoms. The van der Waals surface area contributed by atoms with Crippen LogP contribution in [0.3, 0.4) is 0 Å². The van der Waals surface area contributed by atoms with Crippen molar-refractivity contribution in [1.29, 1.82) is 0 Å². The van der Waals surface area contributed by atoms with Gasteiger partial charge in [0, 0.05) is 12.6 Å². The van der Waals surface area contributed by atoms with Crippen molar-refractivity contribution in [1.82, 2.24) is 4.90 Å². The molecule has 126 valence electrons. The third kappa shape index (κ3) is 5.58. The Labute approximate surface area is 132 Å². The molecule has 1 rings (SSSR count). The number of hydrogen-bond donors (Lipinski definition) is 0. The second-order valence-corrected chi connectivity index (χ2v) is 7.17. The Bertz CT molecular complexity index is 456. The van der Waals surface area contributed by atoms with Gasteiger partial charge in [-0.25, -0.2) is 9.59 Å². The molecule has 0 spiro atoms. The fourth-order valence-electron chi connectivity index (χ4n) is 1.93. The molecule has 1 aliphatic heterocycles. The van der Waals surface area contributed by atoms with Gasteiger partial charge in [-0.3, -0.25) is 4.90 Å². The largest absolute Gasteiger partial charge is 0.497 e. The Kier molecular flexibility index (Phi) is 5.49. The number of amides is 1. The van der Waals surface area contributed by atoms with Gasteiger partial charge in [0.05, 0.1) is 6.61 Å². The van der Waals surface area contributed by atoms with Gasteiger partial charge in [0.2, 0.25) is 0 Å². The van der Waals surface area contributed by atoms with Crippen LogP contribution in [0.4, 0.5) is 4.79 Å². The Hall–Kier alpha value is -1.72. The lowest BCUT2D eigenvalue weighted by atomic mass is 10.1. The van der Waals surface area contributed by atoms with Crippen LogP contribution >= 0.6 is 0 Å². The van der Waals surface area contributed by atoms with Crippen LogP contribution in [0.25, 0.3) is 0 Å². The van der Waals surface area contributed by atoms with Crippen molar-refractivity contribution in [3.63, 3.8) is 0 Å². The zero-order valence-electron chi connectivity index (χ0n) is 14.6. The minimum Gasteiger partial charge on any atom is -0.497 e. The van der Waals surface area contributed by atoms with Crippen molar-refractivity contribution < 1.29 is 23.8 Å². The molecule has 0 saturated carbocycles. The molecule has 1 aliphatic rings. The maximum Gasteiger partial charge on any atom is 0.415 e. The fraction of sp³-hybridized carbons (Fsp3) is 0.750. The van der Waals surface area contributed by atoms with Gasteiger partial charge in [0.1, 0.15) is 23.0 Å². The minimum atomic E-state index is -0.754. The maximum absolute atomic E-state index is 12.3. The van der Waals surface area contributed by atoms with Crippen molar-refractivity contribution in [2.24, 2.45) is 0 Å². The molecule has 0 aromatic heterocycles. The van der Waals surface area contributed by atoms with Crippen molar-refractivity contribution in [2.45, 2.75) is 72.1 Å². The van der Waals surface area contributed by atoms with Gasteiger partial charge in [0.25, 0.3) is 0 Å². The number of rotatable bonds is 3. The number of carbonyl (C=O) groups is 2. The van der Waals surface area contributed by atoms with E-state index in [9.17, 15) is 9.59 Å². The first-order chi connectivity index (χ1) is 9.93. The Morgan fingerprint density at radius 2 is 1.68 bits per heavy atom. The predicted molar refractivity (Wildman–Crippen MR) is 82.0 cm³/mol. The molecule has 1 unspecified atom stereocenters. The summed E-state index contributed by atoms with van der Waals surface area (Å²) in [4.78, 5) is 25.9. The zero-order valence-corrected chi connectivity index (χ0v) is 14.6. The van der Waals surface area contributed by atoms with Crippen LogP contribution in [0, 0.1) is 0 Å². The molecule has 1 amide bonds. The van der Waals surface area contributed by atoms with Gasteiger partial charge < -0.3 is 14.2 Å². The molecule has 0 saturated heterocycles. The van der Waals surface area contributed by atoms with Crippen molar-refractivity contribution >= 4 is 12.1 Å². The van der Waals surface area contributed by atoms with Crippen molar-refractivity contribution in [3.8, 4) is 0 Å². The second kappa shape index (κ2) is 6.58. The molecule has 0 aliphatic carbocycles. The van der Waals surface area contributed by atoms with Crippen molar-refractivity contribution in [2.75, 3.05) is 6.61 Å². The highest BCUT2D eigenvalue weighted by Gasteiger charge is 2.40. The van der Waals surface area contributed by atoms with Gasteiger partial charge in [-0.2, -0.15) is 0 Å². The average molecular weight is 313 g/mol. The summed E-state index contributed by atoms with van der Waals surface area (Å²) in [6.07, 6.45) is 1.23. The van der Waals surface area contributed by atoms with Crippen LogP contribution in [0.15, 0.2) is 12.0 Å². The normalized spacial score (nSPS) is 18.8. The van der Waals surface area contributed by atoms with Gasteiger partial charge in [0.15, 0.2) is 0 Å². The molecule has 1 atom stereocenters. The zero-order chi connectivity index (χ0) is 17.1. The Balaban J connectivity index is 2.90. The van der Waals surface area contributed by atoms with E-state index in [2.05, 4.69) is 0 Å². The topological polar surface area (TPSA) is 65.1 Å².